The molecular formula is C15H24N4. The van der Waals surface area contributed by atoms with Crippen molar-refractivity contribution < 1.29 is 0 Å². The lowest BCUT2D eigenvalue weighted by Gasteiger charge is -2.16. The first-order chi connectivity index (χ1) is 9.29. The third kappa shape index (κ3) is 1.76. The fraction of sp³-hybridized carbons (Fsp3) is 0.867. The predicted octanol–water partition coefficient (Wildman–Crippen LogP) is 1.85. The Morgan fingerprint density at radius 1 is 1.37 bits per heavy atom. The molecule has 0 amide bonds. The molecule has 0 aromatic carbocycles. The molecule has 2 N–H and O–H groups in total. The van der Waals surface area contributed by atoms with Gasteiger partial charge in [-0.05, 0) is 55.3 Å². The van der Waals surface area contributed by atoms with E-state index in [-0.39, 0.29) is 0 Å². The predicted molar refractivity (Wildman–Crippen MR) is 73.3 cm³/mol. The Balaban J connectivity index is 1.42. The highest BCUT2D eigenvalue weighted by atomic mass is 15.3. The first-order valence-electron chi connectivity index (χ1n) is 7.92. The van der Waals surface area contributed by atoms with Crippen LogP contribution in [0.1, 0.15) is 38.4 Å². The molecule has 1 aromatic rings. The minimum Gasteiger partial charge on any atom is -0.327 e. The van der Waals surface area contributed by atoms with Crippen molar-refractivity contribution in [1.29, 1.82) is 0 Å². The average Bonchev–Trinajstić information content (AvgIpc) is 2.75. The maximum atomic E-state index is 6.50. The van der Waals surface area contributed by atoms with E-state index in [4.69, 9.17) is 5.73 Å². The fourth-order valence-corrected chi connectivity index (χ4v) is 5.16. The molecule has 3 fully saturated rings. The monoisotopic (exact) mass is 260 g/mol. The summed E-state index contributed by atoms with van der Waals surface area (Å²) in [6, 6.07) is 0.304. The first-order valence-corrected chi connectivity index (χ1v) is 7.92. The van der Waals surface area contributed by atoms with Crippen LogP contribution >= 0.6 is 0 Å². The molecule has 4 rings (SSSR count). The van der Waals surface area contributed by atoms with Gasteiger partial charge in [0.15, 0.2) is 0 Å². The van der Waals surface area contributed by atoms with Gasteiger partial charge in [0, 0.05) is 19.0 Å². The highest BCUT2D eigenvalue weighted by Crippen LogP contribution is 2.70. The average molecular weight is 260 g/mol. The van der Waals surface area contributed by atoms with Gasteiger partial charge in [-0.1, -0.05) is 6.92 Å². The van der Waals surface area contributed by atoms with E-state index in [0.717, 1.165) is 54.8 Å². The van der Waals surface area contributed by atoms with Crippen molar-refractivity contribution >= 4 is 0 Å². The van der Waals surface area contributed by atoms with Gasteiger partial charge in [-0.2, -0.15) is 5.10 Å². The standard InChI is InChI=1S/C15H24N4/c1-2-5-19-12(17-8-18-19)7-11(16)15-13-9-3-4-10(6-9)14(13)15/h8-11,13-15H,2-7,16H2,1H3. The van der Waals surface area contributed by atoms with Gasteiger partial charge in [-0.3, -0.25) is 4.68 Å². The van der Waals surface area contributed by atoms with Crippen molar-refractivity contribution in [2.45, 2.75) is 51.6 Å². The number of aromatic nitrogens is 3. The topological polar surface area (TPSA) is 56.7 Å². The van der Waals surface area contributed by atoms with E-state index in [9.17, 15) is 0 Å². The molecule has 2 bridgehead atoms. The summed E-state index contributed by atoms with van der Waals surface area (Å²) >= 11 is 0. The van der Waals surface area contributed by atoms with E-state index < -0.39 is 0 Å². The Labute approximate surface area is 114 Å². The molecular weight excluding hydrogens is 236 g/mol. The maximum absolute atomic E-state index is 6.50. The van der Waals surface area contributed by atoms with E-state index in [1.165, 1.54) is 19.3 Å². The Hall–Kier alpha value is -0.900. The van der Waals surface area contributed by atoms with Gasteiger partial charge in [-0.25, -0.2) is 4.98 Å². The van der Waals surface area contributed by atoms with Gasteiger partial charge in [0.05, 0.1) is 0 Å². The van der Waals surface area contributed by atoms with Gasteiger partial charge in [0.2, 0.25) is 0 Å². The van der Waals surface area contributed by atoms with Crippen molar-refractivity contribution in [2.24, 2.45) is 35.3 Å². The lowest BCUT2D eigenvalue weighted by Crippen LogP contribution is -2.30. The summed E-state index contributed by atoms with van der Waals surface area (Å²) in [4.78, 5) is 4.40. The Bertz CT molecular complexity index is 452. The molecule has 0 radical (unpaired) electrons. The van der Waals surface area contributed by atoms with Crippen LogP contribution in [0.3, 0.4) is 0 Å². The van der Waals surface area contributed by atoms with Gasteiger partial charge >= 0.3 is 0 Å². The van der Waals surface area contributed by atoms with E-state index in [1.807, 2.05) is 4.68 Å². The molecule has 3 saturated carbocycles. The number of nitrogens with two attached hydrogens (primary N) is 1. The molecule has 0 spiro atoms. The highest BCUT2D eigenvalue weighted by molar-refractivity contribution is 5.16. The molecule has 4 nitrogen and oxygen atoms in total. The van der Waals surface area contributed by atoms with E-state index in [1.54, 1.807) is 6.33 Å². The molecule has 3 aliphatic carbocycles. The molecule has 3 aliphatic rings. The Morgan fingerprint density at radius 3 is 2.79 bits per heavy atom. The summed E-state index contributed by atoms with van der Waals surface area (Å²) in [5.41, 5.74) is 6.50. The van der Waals surface area contributed by atoms with Crippen molar-refractivity contribution in [3.8, 4) is 0 Å². The minimum absolute atomic E-state index is 0.304. The van der Waals surface area contributed by atoms with Crippen molar-refractivity contribution in [1.82, 2.24) is 14.8 Å². The number of hydrogen-bond acceptors (Lipinski definition) is 3. The van der Waals surface area contributed by atoms with Crippen LogP contribution in [0.15, 0.2) is 6.33 Å². The second-order valence-corrected chi connectivity index (χ2v) is 6.83. The molecule has 0 aliphatic heterocycles. The molecule has 5 atom stereocenters. The molecule has 104 valence electrons. The van der Waals surface area contributed by atoms with Crippen LogP contribution in [0.2, 0.25) is 0 Å². The van der Waals surface area contributed by atoms with Gasteiger partial charge in [-0.15, -0.1) is 0 Å². The second kappa shape index (κ2) is 4.30. The van der Waals surface area contributed by atoms with Gasteiger partial charge in [0.25, 0.3) is 0 Å². The fourth-order valence-electron chi connectivity index (χ4n) is 5.16. The smallest absolute Gasteiger partial charge is 0.138 e. The zero-order chi connectivity index (χ0) is 13.0. The van der Waals surface area contributed by atoms with Gasteiger partial charge < -0.3 is 5.73 Å². The lowest BCUT2D eigenvalue weighted by atomic mass is 9.96. The summed E-state index contributed by atoms with van der Waals surface area (Å²) < 4.78 is 2.03. The third-order valence-electron chi connectivity index (χ3n) is 5.84. The molecule has 4 heteroatoms. The number of fused-ring (bicyclic) bond motifs is 5. The van der Waals surface area contributed by atoms with Crippen LogP contribution in [-0.4, -0.2) is 20.8 Å². The summed E-state index contributed by atoms with van der Waals surface area (Å²) in [6.45, 7) is 3.14. The minimum atomic E-state index is 0.304. The highest BCUT2D eigenvalue weighted by Gasteiger charge is 2.66. The molecule has 5 unspecified atom stereocenters. The second-order valence-electron chi connectivity index (χ2n) is 6.83. The number of aryl methyl sites for hydroxylation is 1. The zero-order valence-electron chi connectivity index (χ0n) is 11.7. The molecule has 1 aromatic heterocycles. The normalized spacial score (nSPS) is 40.4. The third-order valence-corrected chi connectivity index (χ3v) is 5.84. The maximum Gasteiger partial charge on any atom is 0.138 e. The Morgan fingerprint density at radius 2 is 2.11 bits per heavy atom. The van der Waals surface area contributed by atoms with E-state index >= 15 is 0 Å². The van der Waals surface area contributed by atoms with Crippen LogP contribution in [0.25, 0.3) is 0 Å². The number of hydrogen-bond donors (Lipinski definition) is 1. The molecule has 0 saturated heterocycles. The molecule has 1 heterocycles. The summed E-state index contributed by atoms with van der Waals surface area (Å²) in [7, 11) is 0. The summed E-state index contributed by atoms with van der Waals surface area (Å²) in [5.74, 6) is 5.84. The van der Waals surface area contributed by atoms with Crippen molar-refractivity contribution in [3.05, 3.63) is 12.2 Å². The van der Waals surface area contributed by atoms with Crippen LogP contribution in [0.5, 0.6) is 0 Å². The van der Waals surface area contributed by atoms with E-state index in [2.05, 4.69) is 17.0 Å². The lowest BCUT2D eigenvalue weighted by molar-refractivity contribution is 0.401. The quantitative estimate of drug-likeness (QED) is 0.879. The summed E-state index contributed by atoms with van der Waals surface area (Å²) in [6.07, 6.45) is 8.14. The largest absolute Gasteiger partial charge is 0.327 e. The number of nitrogens with zero attached hydrogens (tertiary/aromatic N) is 3. The van der Waals surface area contributed by atoms with Crippen LogP contribution in [0.4, 0.5) is 0 Å². The van der Waals surface area contributed by atoms with Crippen LogP contribution < -0.4 is 5.73 Å². The Kier molecular flexibility index (Phi) is 2.69. The number of rotatable bonds is 5. The van der Waals surface area contributed by atoms with E-state index in [0.29, 0.717) is 6.04 Å². The van der Waals surface area contributed by atoms with Crippen LogP contribution in [0, 0.1) is 29.6 Å². The van der Waals surface area contributed by atoms with Crippen molar-refractivity contribution in [2.75, 3.05) is 0 Å². The van der Waals surface area contributed by atoms with Crippen LogP contribution in [-0.2, 0) is 13.0 Å². The summed E-state index contributed by atoms with van der Waals surface area (Å²) in [5, 5.41) is 4.30. The first kappa shape index (κ1) is 11.9. The van der Waals surface area contributed by atoms with Crippen molar-refractivity contribution in [3.63, 3.8) is 0 Å². The zero-order valence-corrected chi connectivity index (χ0v) is 11.7. The molecule has 19 heavy (non-hydrogen) atoms. The SMILES string of the molecule is CCCn1ncnc1CC(N)C1C2C3CCC(C3)C12. The van der Waals surface area contributed by atoms with Gasteiger partial charge in [0.1, 0.15) is 12.2 Å².